The van der Waals surface area contributed by atoms with Crippen molar-refractivity contribution >= 4 is 39.4 Å². The number of thiophene rings is 1. The SMILES string of the molecule is O=C(N/N=C\c1ccc(N2CCOCC2)s1)c1c[nH]c2ccccc12. The first-order chi connectivity index (χ1) is 12.3. The summed E-state index contributed by atoms with van der Waals surface area (Å²) in [5, 5.41) is 6.18. The van der Waals surface area contributed by atoms with Crippen molar-refractivity contribution in [2.24, 2.45) is 5.10 Å². The minimum atomic E-state index is -0.223. The van der Waals surface area contributed by atoms with Crippen LogP contribution in [0.25, 0.3) is 10.9 Å². The molecule has 3 heterocycles. The van der Waals surface area contributed by atoms with Crippen LogP contribution in [0.2, 0.25) is 0 Å². The largest absolute Gasteiger partial charge is 0.378 e. The molecule has 1 aliphatic heterocycles. The van der Waals surface area contributed by atoms with Gasteiger partial charge in [0.2, 0.25) is 0 Å². The highest BCUT2D eigenvalue weighted by molar-refractivity contribution is 7.17. The number of fused-ring (bicyclic) bond motifs is 1. The van der Waals surface area contributed by atoms with E-state index in [1.54, 1.807) is 23.7 Å². The molecule has 2 aromatic heterocycles. The van der Waals surface area contributed by atoms with Crippen molar-refractivity contribution in [2.45, 2.75) is 0 Å². The van der Waals surface area contributed by atoms with Gasteiger partial charge in [0.25, 0.3) is 5.91 Å². The summed E-state index contributed by atoms with van der Waals surface area (Å²) >= 11 is 1.65. The van der Waals surface area contributed by atoms with Crippen molar-refractivity contribution in [1.29, 1.82) is 0 Å². The Morgan fingerprint density at radius 2 is 2.08 bits per heavy atom. The van der Waals surface area contributed by atoms with E-state index in [0.29, 0.717) is 5.56 Å². The highest BCUT2D eigenvalue weighted by Crippen LogP contribution is 2.25. The van der Waals surface area contributed by atoms with Crippen molar-refractivity contribution in [2.75, 3.05) is 31.2 Å². The maximum Gasteiger partial charge on any atom is 0.273 e. The van der Waals surface area contributed by atoms with Gasteiger partial charge in [0.1, 0.15) is 0 Å². The Morgan fingerprint density at radius 3 is 2.96 bits per heavy atom. The van der Waals surface area contributed by atoms with Gasteiger partial charge in [0.15, 0.2) is 0 Å². The van der Waals surface area contributed by atoms with E-state index in [9.17, 15) is 4.79 Å². The Morgan fingerprint density at radius 1 is 1.24 bits per heavy atom. The smallest absolute Gasteiger partial charge is 0.273 e. The van der Waals surface area contributed by atoms with Gasteiger partial charge in [0.05, 0.1) is 30.0 Å². The lowest BCUT2D eigenvalue weighted by Crippen LogP contribution is -2.35. The van der Waals surface area contributed by atoms with Gasteiger partial charge in [-0.15, -0.1) is 11.3 Å². The number of nitrogens with one attached hydrogen (secondary N) is 2. The van der Waals surface area contributed by atoms with Gasteiger partial charge in [-0.2, -0.15) is 5.10 Å². The summed E-state index contributed by atoms with van der Waals surface area (Å²) in [5.41, 5.74) is 4.12. The molecule has 6 nitrogen and oxygen atoms in total. The van der Waals surface area contributed by atoms with Crippen LogP contribution < -0.4 is 10.3 Å². The lowest BCUT2D eigenvalue weighted by Gasteiger charge is -2.27. The number of H-pyrrole nitrogens is 1. The molecule has 1 amide bonds. The van der Waals surface area contributed by atoms with Gasteiger partial charge >= 0.3 is 0 Å². The molecule has 1 aromatic carbocycles. The third-order valence-corrected chi connectivity index (χ3v) is 5.21. The first kappa shape index (κ1) is 15.9. The lowest BCUT2D eigenvalue weighted by molar-refractivity contribution is 0.0957. The van der Waals surface area contributed by atoms with Crippen molar-refractivity contribution in [1.82, 2.24) is 10.4 Å². The number of amides is 1. The summed E-state index contributed by atoms with van der Waals surface area (Å²) in [6, 6.07) is 11.8. The number of hydrogen-bond donors (Lipinski definition) is 2. The summed E-state index contributed by atoms with van der Waals surface area (Å²) < 4.78 is 5.37. The molecule has 0 aliphatic carbocycles. The number of para-hydroxylation sites is 1. The lowest BCUT2D eigenvalue weighted by atomic mass is 10.2. The number of aromatic amines is 1. The summed E-state index contributed by atoms with van der Waals surface area (Å²) in [4.78, 5) is 18.7. The summed E-state index contributed by atoms with van der Waals surface area (Å²) in [5.74, 6) is -0.223. The second kappa shape index (κ2) is 7.08. The van der Waals surface area contributed by atoms with E-state index in [4.69, 9.17) is 4.74 Å². The Hall–Kier alpha value is -2.64. The molecule has 0 atom stereocenters. The van der Waals surface area contributed by atoms with Crippen LogP contribution >= 0.6 is 11.3 Å². The quantitative estimate of drug-likeness (QED) is 0.559. The molecule has 3 aromatic rings. The predicted molar refractivity (Wildman–Crippen MR) is 101 cm³/mol. The number of rotatable bonds is 4. The molecular weight excluding hydrogens is 336 g/mol. The van der Waals surface area contributed by atoms with Crippen LogP contribution in [-0.4, -0.2) is 43.4 Å². The number of carbonyl (C=O) groups excluding carboxylic acids is 1. The first-order valence-electron chi connectivity index (χ1n) is 8.13. The molecule has 7 heteroatoms. The molecule has 0 saturated carbocycles. The summed E-state index contributed by atoms with van der Waals surface area (Å²) in [7, 11) is 0. The molecular formula is C18H18N4O2S. The first-order valence-corrected chi connectivity index (χ1v) is 8.95. The molecule has 1 fully saturated rings. The Balaban J connectivity index is 1.41. The number of carbonyl (C=O) groups is 1. The molecule has 25 heavy (non-hydrogen) atoms. The monoisotopic (exact) mass is 354 g/mol. The van der Waals surface area contributed by atoms with Crippen molar-refractivity contribution < 1.29 is 9.53 Å². The van der Waals surface area contributed by atoms with E-state index in [-0.39, 0.29) is 5.91 Å². The third kappa shape index (κ3) is 3.42. The molecule has 1 saturated heterocycles. The zero-order valence-electron chi connectivity index (χ0n) is 13.6. The van der Waals surface area contributed by atoms with E-state index in [2.05, 4.69) is 26.5 Å². The predicted octanol–water partition coefficient (Wildman–Crippen LogP) is 2.83. The van der Waals surface area contributed by atoms with Crippen LogP contribution in [0.3, 0.4) is 0 Å². The Kier molecular flexibility index (Phi) is 4.49. The van der Waals surface area contributed by atoms with Crippen molar-refractivity contribution in [3.05, 3.63) is 53.0 Å². The fraction of sp³-hybridized carbons (Fsp3) is 0.222. The van der Waals surface area contributed by atoms with E-state index in [0.717, 1.165) is 42.1 Å². The maximum absolute atomic E-state index is 12.3. The average Bonchev–Trinajstić information content (AvgIpc) is 3.29. The number of ether oxygens (including phenoxy) is 1. The number of anilines is 1. The zero-order chi connectivity index (χ0) is 17.1. The number of aromatic nitrogens is 1. The number of hydrazone groups is 1. The highest BCUT2D eigenvalue weighted by Gasteiger charge is 2.13. The molecule has 4 rings (SSSR count). The normalized spacial score (nSPS) is 15.1. The van der Waals surface area contributed by atoms with E-state index in [1.807, 2.05) is 30.3 Å². The van der Waals surface area contributed by atoms with Gasteiger partial charge < -0.3 is 14.6 Å². The maximum atomic E-state index is 12.3. The number of morpholine rings is 1. The second-order valence-electron chi connectivity index (χ2n) is 5.72. The van der Waals surface area contributed by atoms with Crippen molar-refractivity contribution in [3.8, 4) is 0 Å². The molecule has 128 valence electrons. The molecule has 0 radical (unpaired) electrons. The number of hydrogen-bond acceptors (Lipinski definition) is 5. The van der Waals surface area contributed by atoms with Gasteiger partial charge in [-0.25, -0.2) is 5.43 Å². The highest BCUT2D eigenvalue weighted by atomic mass is 32.1. The van der Waals surface area contributed by atoms with Crippen LogP contribution in [-0.2, 0) is 4.74 Å². The molecule has 0 spiro atoms. The van der Waals surface area contributed by atoms with Gasteiger partial charge in [-0.3, -0.25) is 4.79 Å². The average molecular weight is 354 g/mol. The van der Waals surface area contributed by atoms with Gasteiger partial charge in [-0.1, -0.05) is 18.2 Å². The Labute approximate surface area is 149 Å². The van der Waals surface area contributed by atoms with Gasteiger partial charge in [-0.05, 0) is 18.2 Å². The van der Waals surface area contributed by atoms with Crippen molar-refractivity contribution in [3.63, 3.8) is 0 Å². The van der Waals surface area contributed by atoms with Crippen LogP contribution in [0, 0.1) is 0 Å². The van der Waals surface area contributed by atoms with E-state index < -0.39 is 0 Å². The molecule has 1 aliphatic rings. The van der Waals surface area contributed by atoms with Gasteiger partial charge in [0, 0.05) is 35.1 Å². The topological polar surface area (TPSA) is 69.7 Å². The fourth-order valence-electron chi connectivity index (χ4n) is 2.84. The fourth-order valence-corrected chi connectivity index (χ4v) is 3.77. The molecule has 2 N–H and O–H groups in total. The van der Waals surface area contributed by atoms with Crippen LogP contribution in [0.1, 0.15) is 15.2 Å². The van der Waals surface area contributed by atoms with Crippen LogP contribution in [0.4, 0.5) is 5.00 Å². The van der Waals surface area contributed by atoms with E-state index >= 15 is 0 Å². The molecule has 0 unspecified atom stereocenters. The minimum Gasteiger partial charge on any atom is -0.378 e. The second-order valence-corrected chi connectivity index (χ2v) is 6.82. The molecule has 0 bridgehead atoms. The van der Waals surface area contributed by atoms with Crippen LogP contribution in [0.5, 0.6) is 0 Å². The summed E-state index contributed by atoms with van der Waals surface area (Å²) in [6.07, 6.45) is 3.39. The zero-order valence-corrected chi connectivity index (χ0v) is 14.4. The van der Waals surface area contributed by atoms with E-state index in [1.165, 1.54) is 5.00 Å². The minimum absolute atomic E-state index is 0.223. The standard InChI is InChI=1S/C18H18N4O2S/c23-18(15-12-19-16-4-2-1-3-14(15)16)21-20-11-13-5-6-17(25-13)22-7-9-24-10-8-22/h1-6,11-12,19H,7-10H2,(H,21,23)/b20-11-. The Bertz CT molecular complexity index is 909. The number of benzene rings is 1. The third-order valence-electron chi connectivity index (χ3n) is 4.13. The number of nitrogens with zero attached hydrogens (tertiary/aromatic N) is 2. The summed E-state index contributed by atoms with van der Waals surface area (Å²) in [6.45, 7) is 3.35. The van der Waals surface area contributed by atoms with Crippen LogP contribution in [0.15, 0.2) is 47.7 Å².